The van der Waals surface area contributed by atoms with E-state index in [1.54, 1.807) is 6.92 Å². The van der Waals surface area contributed by atoms with Crippen molar-refractivity contribution in [1.29, 1.82) is 0 Å². The standard InChI is InChI=1S/C23H26ClNO3/c1-15-13-18(24)7-8-20(15)23(3)27-21-6-4-5-19(22(21)28-23)17-9-11-25(12-10-17)14-16(2)26/h4-8,13,17H,9-12,14H2,1-3H3. The number of ether oxygens (including phenoxy) is 2. The molecule has 1 fully saturated rings. The van der Waals surface area contributed by atoms with Gasteiger partial charge in [-0.05, 0) is 75.5 Å². The Balaban J connectivity index is 1.57. The number of fused-ring (bicyclic) bond motifs is 1. The molecule has 28 heavy (non-hydrogen) atoms. The maximum absolute atomic E-state index is 11.4. The number of piperidine rings is 1. The number of carbonyl (C=O) groups is 1. The van der Waals surface area contributed by atoms with Crippen molar-refractivity contribution >= 4 is 17.4 Å². The number of carbonyl (C=O) groups excluding carboxylic acids is 1. The molecule has 0 radical (unpaired) electrons. The average Bonchev–Trinajstić information content (AvgIpc) is 2.98. The van der Waals surface area contributed by atoms with Gasteiger partial charge in [-0.15, -0.1) is 0 Å². The van der Waals surface area contributed by atoms with Crippen molar-refractivity contribution in [3.8, 4) is 11.5 Å². The normalized spacial score (nSPS) is 22.4. The van der Waals surface area contributed by atoms with Gasteiger partial charge in [0, 0.05) is 23.1 Å². The number of hydrogen-bond donors (Lipinski definition) is 0. The lowest BCUT2D eigenvalue weighted by Crippen LogP contribution is -2.36. The molecule has 0 amide bonds. The summed E-state index contributed by atoms with van der Waals surface area (Å²) in [7, 11) is 0. The lowest BCUT2D eigenvalue weighted by molar-refractivity contribution is -0.118. The predicted molar refractivity (Wildman–Crippen MR) is 110 cm³/mol. The molecule has 0 N–H and O–H groups in total. The number of nitrogens with zero attached hydrogens (tertiary/aromatic N) is 1. The molecule has 1 unspecified atom stereocenters. The molecule has 2 aliphatic heterocycles. The molecular formula is C23H26ClNO3. The van der Waals surface area contributed by atoms with Gasteiger partial charge >= 0.3 is 0 Å². The van der Waals surface area contributed by atoms with Crippen molar-refractivity contribution in [1.82, 2.24) is 4.90 Å². The van der Waals surface area contributed by atoms with Crippen molar-refractivity contribution in [2.75, 3.05) is 19.6 Å². The van der Waals surface area contributed by atoms with E-state index in [0.717, 1.165) is 48.6 Å². The third kappa shape index (κ3) is 3.63. The van der Waals surface area contributed by atoms with E-state index in [4.69, 9.17) is 21.1 Å². The molecule has 1 saturated heterocycles. The smallest absolute Gasteiger partial charge is 0.275 e. The molecule has 1 atom stereocenters. The Hall–Kier alpha value is -2.04. The monoisotopic (exact) mass is 399 g/mol. The third-order valence-electron chi connectivity index (χ3n) is 5.76. The highest BCUT2D eigenvalue weighted by Crippen LogP contribution is 2.49. The van der Waals surface area contributed by atoms with E-state index in [-0.39, 0.29) is 5.78 Å². The maximum Gasteiger partial charge on any atom is 0.275 e. The summed E-state index contributed by atoms with van der Waals surface area (Å²) < 4.78 is 12.7. The van der Waals surface area contributed by atoms with E-state index in [1.165, 1.54) is 5.56 Å². The second kappa shape index (κ2) is 7.41. The van der Waals surface area contributed by atoms with Crippen LogP contribution in [-0.4, -0.2) is 30.3 Å². The van der Waals surface area contributed by atoms with Crippen LogP contribution in [0.15, 0.2) is 36.4 Å². The molecule has 0 aliphatic carbocycles. The first-order valence-electron chi connectivity index (χ1n) is 9.85. The van der Waals surface area contributed by atoms with Crippen molar-refractivity contribution in [2.45, 2.75) is 45.3 Å². The Morgan fingerprint density at radius 2 is 1.96 bits per heavy atom. The van der Waals surface area contributed by atoms with Gasteiger partial charge in [-0.25, -0.2) is 0 Å². The summed E-state index contributed by atoms with van der Waals surface area (Å²) in [6.45, 7) is 8.05. The van der Waals surface area contributed by atoms with Gasteiger partial charge in [0.25, 0.3) is 5.79 Å². The van der Waals surface area contributed by atoms with Gasteiger partial charge in [0.1, 0.15) is 5.78 Å². The van der Waals surface area contributed by atoms with Crippen molar-refractivity contribution in [3.05, 3.63) is 58.1 Å². The number of likely N-dealkylation sites (tertiary alicyclic amines) is 1. The molecule has 4 nitrogen and oxygen atoms in total. The minimum Gasteiger partial charge on any atom is -0.445 e. The lowest BCUT2D eigenvalue weighted by Gasteiger charge is -2.32. The SMILES string of the molecule is CC(=O)CN1CCC(c2cccc3c2OC(C)(c2ccc(Cl)cc2C)O3)CC1. The van der Waals surface area contributed by atoms with E-state index < -0.39 is 5.79 Å². The van der Waals surface area contributed by atoms with Crippen LogP contribution in [0.5, 0.6) is 11.5 Å². The second-order valence-corrected chi connectivity index (χ2v) is 8.47. The van der Waals surface area contributed by atoms with Crippen LogP contribution in [0.1, 0.15) is 49.3 Å². The van der Waals surface area contributed by atoms with Gasteiger partial charge in [0.05, 0.1) is 6.54 Å². The number of benzene rings is 2. The van der Waals surface area contributed by atoms with Crippen LogP contribution in [0.25, 0.3) is 0 Å². The molecule has 0 aromatic heterocycles. The van der Waals surface area contributed by atoms with Crippen LogP contribution in [0, 0.1) is 6.92 Å². The van der Waals surface area contributed by atoms with Crippen molar-refractivity contribution < 1.29 is 14.3 Å². The minimum absolute atomic E-state index is 0.227. The zero-order valence-electron chi connectivity index (χ0n) is 16.6. The molecule has 2 aromatic rings. The van der Waals surface area contributed by atoms with Crippen LogP contribution in [0.2, 0.25) is 5.02 Å². The van der Waals surface area contributed by atoms with Gasteiger partial charge in [0.15, 0.2) is 11.5 Å². The number of halogens is 1. The van der Waals surface area contributed by atoms with E-state index in [9.17, 15) is 4.79 Å². The van der Waals surface area contributed by atoms with Crippen LogP contribution >= 0.6 is 11.6 Å². The number of hydrogen-bond acceptors (Lipinski definition) is 4. The molecule has 4 rings (SSSR count). The summed E-state index contributed by atoms with van der Waals surface area (Å²) in [5.74, 6) is 1.42. The highest BCUT2D eigenvalue weighted by molar-refractivity contribution is 6.30. The molecule has 2 aromatic carbocycles. The van der Waals surface area contributed by atoms with E-state index in [0.29, 0.717) is 17.5 Å². The predicted octanol–water partition coefficient (Wildman–Crippen LogP) is 5.06. The first-order chi connectivity index (χ1) is 13.4. The fraction of sp³-hybridized carbons (Fsp3) is 0.435. The molecule has 0 bridgehead atoms. The number of rotatable bonds is 4. The van der Waals surface area contributed by atoms with Gasteiger partial charge in [0.2, 0.25) is 0 Å². The molecule has 0 spiro atoms. The van der Waals surface area contributed by atoms with Crippen LogP contribution in [-0.2, 0) is 10.6 Å². The first-order valence-corrected chi connectivity index (χ1v) is 10.2. The number of ketones is 1. The van der Waals surface area contributed by atoms with Crippen molar-refractivity contribution in [2.24, 2.45) is 0 Å². The minimum atomic E-state index is -0.859. The van der Waals surface area contributed by atoms with E-state index in [1.807, 2.05) is 44.2 Å². The number of Topliss-reactive ketones (excluding diaryl/α,β-unsaturated/α-hetero) is 1. The number of para-hydroxylation sites is 1. The van der Waals surface area contributed by atoms with Crippen LogP contribution in [0.4, 0.5) is 0 Å². The molecule has 2 aliphatic rings. The van der Waals surface area contributed by atoms with E-state index in [2.05, 4.69) is 11.0 Å². The van der Waals surface area contributed by atoms with Gasteiger partial charge in [-0.3, -0.25) is 9.69 Å². The topological polar surface area (TPSA) is 38.8 Å². The summed E-state index contributed by atoms with van der Waals surface area (Å²) >= 11 is 6.12. The summed E-state index contributed by atoms with van der Waals surface area (Å²) in [6, 6.07) is 11.9. The Morgan fingerprint density at radius 1 is 1.21 bits per heavy atom. The fourth-order valence-corrected chi connectivity index (χ4v) is 4.66. The summed E-state index contributed by atoms with van der Waals surface area (Å²) in [5, 5.41) is 0.707. The zero-order valence-corrected chi connectivity index (χ0v) is 17.4. The molecule has 0 saturated carbocycles. The van der Waals surface area contributed by atoms with Crippen LogP contribution < -0.4 is 9.47 Å². The average molecular weight is 400 g/mol. The maximum atomic E-state index is 11.4. The first kappa shape index (κ1) is 19.3. The van der Waals surface area contributed by atoms with Gasteiger partial charge < -0.3 is 9.47 Å². The third-order valence-corrected chi connectivity index (χ3v) is 6.00. The van der Waals surface area contributed by atoms with E-state index >= 15 is 0 Å². The Bertz CT molecular complexity index is 905. The fourth-order valence-electron chi connectivity index (χ4n) is 4.43. The highest BCUT2D eigenvalue weighted by atomic mass is 35.5. The number of aryl methyl sites for hydroxylation is 1. The van der Waals surface area contributed by atoms with Crippen LogP contribution in [0.3, 0.4) is 0 Å². The second-order valence-electron chi connectivity index (χ2n) is 8.04. The quantitative estimate of drug-likeness (QED) is 0.720. The molecular weight excluding hydrogens is 374 g/mol. The van der Waals surface area contributed by atoms with Crippen molar-refractivity contribution in [3.63, 3.8) is 0 Å². The Morgan fingerprint density at radius 3 is 2.64 bits per heavy atom. The highest BCUT2D eigenvalue weighted by Gasteiger charge is 2.42. The van der Waals surface area contributed by atoms with Gasteiger partial charge in [-0.2, -0.15) is 0 Å². The summed E-state index contributed by atoms with van der Waals surface area (Å²) in [4.78, 5) is 13.6. The Kier molecular flexibility index (Phi) is 5.11. The molecule has 2 heterocycles. The zero-order chi connectivity index (χ0) is 19.9. The lowest BCUT2D eigenvalue weighted by atomic mass is 9.88. The summed E-state index contributed by atoms with van der Waals surface area (Å²) in [6.07, 6.45) is 2.04. The molecule has 148 valence electrons. The Labute approximate surface area is 171 Å². The molecule has 5 heteroatoms. The largest absolute Gasteiger partial charge is 0.445 e. The summed E-state index contributed by atoms with van der Waals surface area (Å²) in [5.41, 5.74) is 3.23. The van der Waals surface area contributed by atoms with Gasteiger partial charge in [-0.1, -0.05) is 23.7 Å².